The molecule has 1 fully saturated rings. The Bertz CT molecular complexity index is 176. The van der Waals surface area contributed by atoms with Crippen LogP contribution in [-0.2, 0) is 0 Å². The van der Waals surface area contributed by atoms with Crippen LogP contribution in [0.1, 0.15) is 52.4 Å². The third-order valence-corrected chi connectivity index (χ3v) is 3.62. The van der Waals surface area contributed by atoms with Gasteiger partial charge in [0.05, 0.1) is 0 Å². The molecule has 0 aromatic heterocycles. The van der Waals surface area contributed by atoms with E-state index in [9.17, 15) is 0 Å². The number of allylic oxidation sites excluding steroid dienone is 1. The first-order valence-electron chi connectivity index (χ1n) is 5.52. The molecule has 2 N–H and O–H groups in total. The summed E-state index contributed by atoms with van der Waals surface area (Å²) in [6, 6.07) is 0.448. The molecule has 0 heterocycles. The van der Waals surface area contributed by atoms with Gasteiger partial charge in [-0.15, -0.1) is 0 Å². The van der Waals surface area contributed by atoms with Crippen LogP contribution in [0.25, 0.3) is 0 Å². The fourth-order valence-corrected chi connectivity index (χ4v) is 2.56. The molecule has 1 saturated carbocycles. The second kappa shape index (κ2) is 4.28. The zero-order chi connectivity index (χ0) is 9.90. The third kappa shape index (κ3) is 2.34. The molecule has 0 amide bonds. The first-order chi connectivity index (χ1) is 6.10. The van der Waals surface area contributed by atoms with Gasteiger partial charge in [0.15, 0.2) is 0 Å². The molecule has 0 spiro atoms. The summed E-state index contributed by atoms with van der Waals surface area (Å²) in [6.07, 6.45) is 7.46. The van der Waals surface area contributed by atoms with Crippen LogP contribution in [-0.4, -0.2) is 6.04 Å². The minimum atomic E-state index is 0.435. The lowest BCUT2D eigenvalue weighted by atomic mass is 9.66. The summed E-state index contributed by atoms with van der Waals surface area (Å²) < 4.78 is 0. The Morgan fingerprint density at radius 1 is 1.46 bits per heavy atom. The van der Waals surface area contributed by atoms with Gasteiger partial charge < -0.3 is 5.73 Å². The second-order valence-corrected chi connectivity index (χ2v) is 4.65. The molecule has 0 unspecified atom stereocenters. The predicted molar refractivity (Wildman–Crippen MR) is 58.6 cm³/mol. The van der Waals surface area contributed by atoms with E-state index in [0.29, 0.717) is 11.5 Å². The molecule has 1 aliphatic rings. The molecular formula is C12H23N. The van der Waals surface area contributed by atoms with E-state index in [0.717, 1.165) is 0 Å². The van der Waals surface area contributed by atoms with Crippen molar-refractivity contribution in [2.75, 3.05) is 0 Å². The molecule has 76 valence electrons. The first kappa shape index (κ1) is 10.8. The highest BCUT2D eigenvalue weighted by atomic mass is 14.6. The summed E-state index contributed by atoms with van der Waals surface area (Å²) in [5, 5.41) is 0. The van der Waals surface area contributed by atoms with E-state index in [1.807, 2.05) is 0 Å². The SMILES string of the molecule is C=C(C)C1(CCC)CCC(N)CC1. The van der Waals surface area contributed by atoms with Crippen molar-refractivity contribution >= 4 is 0 Å². The van der Waals surface area contributed by atoms with Gasteiger partial charge in [0.25, 0.3) is 0 Å². The molecule has 0 bridgehead atoms. The summed E-state index contributed by atoms with van der Waals surface area (Å²) in [6.45, 7) is 8.60. The normalized spacial score (nSPS) is 34.5. The number of hydrogen-bond donors (Lipinski definition) is 1. The molecule has 0 saturated heterocycles. The van der Waals surface area contributed by atoms with Gasteiger partial charge in [0.2, 0.25) is 0 Å². The van der Waals surface area contributed by atoms with Crippen LogP contribution in [0.3, 0.4) is 0 Å². The van der Waals surface area contributed by atoms with Crippen molar-refractivity contribution in [3.63, 3.8) is 0 Å². The quantitative estimate of drug-likeness (QED) is 0.664. The summed E-state index contributed by atoms with van der Waals surface area (Å²) in [4.78, 5) is 0. The molecule has 0 aliphatic heterocycles. The van der Waals surface area contributed by atoms with Gasteiger partial charge in [-0.1, -0.05) is 25.5 Å². The number of hydrogen-bond acceptors (Lipinski definition) is 1. The molecule has 0 aromatic carbocycles. The average molecular weight is 181 g/mol. The van der Waals surface area contributed by atoms with Crippen molar-refractivity contribution in [3.8, 4) is 0 Å². The van der Waals surface area contributed by atoms with Crippen LogP contribution in [0, 0.1) is 5.41 Å². The monoisotopic (exact) mass is 181 g/mol. The Morgan fingerprint density at radius 2 is 2.00 bits per heavy atom. The minimum absolute atomic E-state index is 0.435. The molecule has 0 radical (unpaired) electrons. The molecule has 0 atom stereocenters. The fourth-order valence-electron chi connectivity index (χ4n) is 2.56. The van der Waals surface area contributed by atoms with E-state index in [1.165, 1.54) is 44.1 Å². The Hall–Kier alpha value is -0.300. The lowest BCUT2D eigenvalue weighted by molar-refractivity contribution is 0.204. The largest absolute Gasteiger partial charge is 0.328 e. The van der Waals surface area contributed by atoms with Crippen molar-refractivity contribution < 1.29 is 0 Å². The van der Waals surface area contributed by atoms with Gasteiger partial charge in [-0.25, -0.2) is 0 Å². The summed E-state index contributed by atoms with van der Waals surface area (Å²) >= 11 is 0. The molecule has 1 rings (SSSR count). The molecule has 13 heavy (non-hydrogen) atoms. The van der Waals surface area contributed by atoms with Gasteiger partial charge in [0.1, 0.15) is 0 Å². The second-order valence-electron chi connectivity index (χ2n) is 4.65. The number of nitrogens with two attached hydrogens (primary N) is 1. The Morgan fingerprint density at radius 3 is 2.38 bits per heavy atom. The predicted octanol–water partition coefficient (Wildman–Crippen LogP) is 3.25. The van der Waals surface area contributed by atoms with E-state index < -0.39 is 0 Å². The van der Waals surface area contributed by atoms with Crippen LogP contribution >= 0.6 is 0 Å². The molecule has 1 heteroatoms. The van der Waals surface area contributed by atoms with Crippen LogP contribution < -0.4 is 5.73 Å². The van der Waals surface area contributed by atoms with Crippen molar-refractivity contribution in [2.45, 2.75) is 58.4 Å². The number of rotatable bonds is 3. The van der Waals surface area contributed by atoms with Crippen molar-refractivity contribution in [1.29, 1.82) is 0 Å². The van der Waals surface area contributed by atoms with Crippen LogP contribution in [0.2, 0.25) is 0 Å². The Balaban J connectivity index is 2.63. The maximum atomic E-state index is 5.92. The van der Waals surface area contributed by atoms with Gasteiger partial charge in [-0.2, -0.15) is 0 Å². The lowest BCUT2D eigenvalue weighted by Gasteiger charge is -2.40. The Kier molecular flexibility index (Phi) is 3.55. The van der Waals surface area contributed by atoms with Crippen LogP contribution in [0.5, 0.6) is 0 Å². The average Bonchev–Trinajstić information content (AvgIpc) is 2.09. The van der Waals surface area contributed by atoms with E-state index in [1.54, 1.807) is 0 Å². The van der Waals surface area contributed by atoms with Crippen LogP contribution in [0.4, 0.5) is 0 Å². The summed E-state index contributed by atoms with van der Waals surface area (Å²) in [7, 11) is 0. The highest BCUT2D eigenvalue weighted by Gasteiger charge is 2.33. The van der Waals surface area contributed by atoms with Crippen molar-refractivity contribution in [1.82, 2.24) is 0 Å². The smallest absolute Gasteiger partial charge is 0.00394 e. The van der Waals surface area contributed by atoms with Gasteiger partial charge in [-0.3, -0.25) is 0 Å². The van der Waals surface area contributed by atoms with Gasteiger partial charge in [0, 0.05) is 6.04 Å². The molecule has 1 nitrogen and oxygen atoms in total. The summed E-state index contributed by atoms with van der Waals surface area (Å²) in [5.41, 5.74) is 7.73. The third-order valence-electron chi connectivity index (χ3n) is 3.62. The highest BCUT2D eigenvalue weighted by molar-refractivity contribution is 5.09. The van der Waals surface area contributed by atoms with E-state index in [2.05, 4.69) is 20.4 Å². The summed E-state index contributed by atoms with van der Waals surface area (Å²) in [5.74, 6) is 0. The minimum Gasteiger partial charge on any atom is -0.328 e. The molecular weight excluding hydrogens is 158 g/mol. The van der Waals surface area contributed by atoms with Crippen molar-refractivity contribution in [2.24, 2.45) is 11.1 Å². The lowest BCUT2D eigenvalue weighted by Crippen LogP contribution is -2.34. The fraction of sp³-hybridized carbons (Fsp3) is 0.833. The van der Waals surface area contributed by atoms with E-state index in [-0.39, 0.29) is 0 Å². The van der Waals surface area contributed by atoms with Gasteiger partial charge in [-0.05, 0) is 44.4 Å². The highest BCUT2D eigenvalue weighted by Crippen LogP contribution is 2.44. The van der Waals surface area contributed by atoms with E-state index >= 15 is 0 Å². The molecule has 0 aromatic rings. The maximum absolute atomic E-state index is 5.92. The molecule has 1 aliphatic carbocycles. The van der Waals surface area contributed by atoms with Crippen molar-refractivity contribution in [3.05, 3.63) is 12.2 Å². The van der Waals surface area contributed by atoms with E-state index in [4.69, 9.17) is 5.73 Å². The van der Waals surface area contributed by atoms with Crippen LogP contribution in [0.15, 0.2) is 12.2 Å². The zero-order valence-electron chi connectivity index (χ0n) is 9.10. The Labute approximate surface area is 82.4 Å². The standard InChI is InChI=1S/C12H23N/c1-4-7-12(10(2)3)8-5-11(13)6-9-12/h11H,2,4-9,13H2,1,3H3. The van der Waals surface area contributed by atoms with Gasteiger partial charge >= 0.3 is 0 Å². The first-order valence-corrected chi connectivity index (χ1v) is 5.52. The zero-order valence-corrected chi connectivity index (χ0v) is 9.10. The topological polar surface area (TPSA) is 26.0 Å². The maximum Gasteiger partial charge on any atom is 0.00394 e.